The smallest absolute Gasteiger partial charge is 0.433 e. The van der Waals surface area contributed by atoms with Crippen LogP contribution in [0.2, 0.25) is 0 Å². The summed E-state index contributed by atoms with van der Waals surface area (Å²) in [5.74, 6) is 0. The van der Waals surface area contributed by atoms with Crippen molar-refractivity contribution in [2.24, 2.45) is 4.99 Å². The average Bonchev–Trinajstić information content (AvgIpc) is 2.49. The summed E-state index contributed by atoms with van der Waals surface area (Å²) in [6.07, 6.45) is 3.54. The fourth-order valence-electron chi connectivity index (χ4n) is 1.72. The molecule has 0 fully saturated rings. The lowest BCUT2D eigenvalue weighted by molar-refractivity contribution is 0.158. The van der Waals surface area contributed by atoms with Crippen molar-refractivity contribution in [3.05, 3.63) is 66.0 Å². The number of aromatic nitrogens is 1. The fourth-order valence-corrected chi connectivity index (χ4v) is 1.72. The van der Waals surface area contributed by atoms with Gasteiger partial charge in [0.15, 0.2) is 0 Å². The van der Waals surface area contributed by atoms with Crippen molar-refractivity contribution >= 4 is 11.8 Å². The predicted octanol–water partition coefficient (Wildman–Crippen LogP) is 3.27. The lowest BCUT2D eigenvalue weighted by atomic mass is 10.1. The van der Waals surface area contributed by atoms with Crippen LogP contribution in [0.15, 0.2) is 59.9 Å². The number of nitrogens with zero attached hydrogens (tertiary/aromatic N) is 2. The molecule has 0 spiro atoms. The van der Waals surface area contributed by atoms with Crippen molar-refractivity contribution < 1.29 is 9.53 Å². The molecule has 1 heterocycles. The number of ether oxygens (including phenoxy) is 1. The maximum Gasteiger partial charge on any atom is 0.433 e. The van der Waals surface area contributed by atoms with Crippen molar-refractivity contribution in [1.82, 2.24) is 4.98 Å². The summed E-state index contributed by atoms with van der Waals surface area (Å²) < 4.78 is 5.09. The van der Waals surface area contributed by atoms with Gasteiger partial charge in [-0.1, -0.05) is 30.3 Å². The molecule has 0 radical (unpaired) electrons. The molecule has 1 aromatic heterocycles. The van der Waals surface area contributed by atoms with Crippen molar-refractivity contribution in [2.75, 3.05) is 6.61 Å². The van der Waals surface area contributed by atoms with Crippen LogP contribution in [0.5, 0.6) is 0 Å². The molecular weight excluding hydrogens is 252 g/mol. The number of benzene rings is 1. The molecule has 0 bridgehead atoms. The Labute approximate surface area is 118 Å². The molecule has 4 nitrogen and oxygen atoms in total. The van der Waals surface area contributed by atoms with Gasteiger partial charge in [0, 0.05) is 18.8 Å². The van der Waals surface area contributed by atoms with Crippen LogP contribution in [-0.2, 0) is 11.2 Å². The molecule has 0 atom stereocenters. The van der Waals surface area contributed by atoms with Gasteiger partial charge in [-0.15, -0.1) is 0 Å². The first kappa shape index (κ1) is 13.9. The van der Waals surface area contributed by atoms with Crippen LogP contribution < -0.4 is 0 Å². The van der Waals surface area contributed by atoms with Crippen LogP contribution in [0.25, 0.3) is 0 Å². The maximum absolute atomic E-state index is 11.6. The Morgan fingerprint density at radius 2 is 1.85 bits per heavy atom. The van der Waals surface area contributed by atoms with Gasteiger partial charge in [0.2, 0.25) is 0 Å². The number of pyridine rings is 1. The molecule has 2 aromatic rings. The summed E-state index contributed by atoms with van der Waals surface area (Å²) in [5.41, 5.74) is 2.65. The van der Waals surface area contributed by atoms with Crippen molar-refractivity contribution in [2.45, 2.75) is 13.3 Å². The zero-order valence-electron chi connectivity index (χ0n) is 11.3. The molecule has 0 aliphatic carbocycles. The van der Waals surface area contributed by atoms with E-state index < -0.39 is 6.09 Å². The summed E-state index contributed by atoms with van der Waals surface area (Å²) in [4.78, 5) is 19.4. The van der Waals surface area contributed by atoms with E-state index in [0.29, 0.717) is 18.7 Å². The highest BCUT2D eigenvalue weighted by molar-refractivity contribution is 6.03. The monoisotopic (exact) mass is 268 g/mol. The molecule has 4 heteroatoms. The highest BCUT2D eigenvalue weighted by Gasteiger charge is 2.03. The van der Waals surface area contributed by atoms with E-state index in [1.807, 2.05) is 42.5 Å². The van der Waals surface area contributed by atoms with Crippen molar-refractivity contribution in [3.8, 4) is 0 Å². The largest absolute Gasteiger partial charge is 0.448 e. The topological polar surface area (TPSA) is 51.5 Å². The van der Waals surface area contributed by atoms with Gasteiger partial charge in [-0.2, -0.15) is 4.99 Å². The van der Waals surface area contributed by atoms with E-state index in [1.54, 1.807) is 19.3 Å². The zero-order valence-corrected chi connectivity index (χ0v) is 11.3. The molecule has 0 saturated heterocycles. The molecule has 2 rings (SSSR count). The Bertz CT molecular complexity index is 580. The van der Waals surface area contributed by atoms with Crippen molar-refractivity contribution in [3.63, 3.8) is 0 Å². The minimum Gasteiger partial charge on any atom is -0.448 e. The summed E-state index contributed by atoms with van der Waals surface area (Å²) in [5, 5.41) is 0. The normalized spacial score (nSPS) is 11.2. The summed E-state index contributed by atoms with van der Waals surface area (Å²) in [6.45, 7) is 2.11. The minimum absolute atomic E-state index is 0.314. The second-order valence-electron chi connectivity index (χ2n) is 4.28. The molecular formula is C16H16N2O2. The third kappa shape index (κ3) is 4.31. The number of rotatable bonds is 4. The average molecular weight is 268 g/mol. The third-order valence-electron chi connectivity index (χ3n) is 2.82. The molecule has 20 heavy (non-hydrogen) atoms. The second-order valence-corrected chi connectivity index (χ2v) is 4.28. The second kappa shape index (κ2) is 7.19. The Morgan fingerprint density at radius 3 is 2.55 bits per heavy atom. The Kier molecular flexibility index (Phi) is 5.00. The number of hydrogen-bond donors (Lipinski definition) is 0. The van der Waals surface area contributed by atoms with Crippen molar-refractivity contribution in [1.29, 1.82) is 0 Å². The number of hydrogen-bond acceptors (Lipinski definition) is 3. The lowest BCUT2D eigenvalue weighted by Crippen LogP contribution is -2.06. The van der Waals surface area contributed by atoms with Gasteiger partial charge in [0.05, 0.1) is 12.3 Å². The number of aliphatic imine (C=N–C) groups is 1. The van der Waals surface area contributed by atoms with Crippen LogP contribution >= 0.6 is 0 Å². The van der Waals surface area contributed by atoms with E-state index in [-0.39, 0.29) is 0 Å². The summed E-state index contributed by atoms with van der Waals surface area (Å²) >= 11 is 0. The number of amides is 1. The van der Waals surface area contributed by atoms with Gasteiger partial charge in [-0.05, 0) is 30.2 Å². The molecule has 0 N–H and O–H groups in total. The summed E-state index contributed by atoms with van der Waals surface area (Å²) in [6, 6.07) is 13.3. The molecule has 1 amide bonds. The maximum atomic E-state index is 11.6. The molecule has 0 aliphatic heterocycles. The van der Waals surface area contributed by atoms with Gasteiger partial charge < -0.3 is 4.74 Å². The molecule has 0 saturated carbocycles. The quantitative estimate of drug-likeness (QED) is 0.800. The van der Waals surface area contributed by atoms with E-state index >= 15 is 0 Å². The first-order valence-electron chi connectivity index (χ1n) is 6.42. The van der Waals surface area contributed by atoms with Gasteiger partial charge in [-0.3, -0.25) is 4.98 Å². The lowest BCUT2D eigenvalue weighted by Gasteiger charge is -2.03. The van der Waals surface area contributed by atoms with Gasteiger partial charge in [-0.25, -0.2) is 4.79 Å². The predicted molar refractivity (Wildman–Crippen MR) is 77.9 cm³/mol. The van der Waals surface area contributed by atoms with E-state index in [0.717, 1.165) is 11.1 Å². The van der Waals surface area contributed by atoms with E-state index in [9.17, 15) is 4.79 Å². The standard InChI is InChI=1S/C16H16N2O2/c1-13(15-5-3-2-4-6-15)18-16(19)20-12-9-14-7-10-17-11-8-14/h2-8,10-11H,9,12H2,1H3/b18-13-. The van der Waals surface area contributed by atoms with E-state index in [1.165, 1.54) is 0 Å². The zero-order chi connectivity index (χ0) is 14.2. The van der Waals surface area contributed by atoms with Crippen LogP contribution in [0.1, 0.15) is 18.1 Å². The summed E-state index contributed by atoms with van der Waals surface area (Å²) in [7, 11) is 0. The number of carbonyl (C=O) groups is 1. The van der Waals surface area contributed by atoms with Gasteiger partial charge in [0.25, 0.3) is 0 Å². The van der Waals surface area contributed by atoms with Gasteiger partial charge in [0.1, 0.15) is 0 Å². The fraction of sp³-hybridized carbons (Fsp3) is 0.188. The molecule has 0 unspecified atom stereocenters. The first-order valence-corrected chi connectivity index (χ1v) is 6.42. The van der Waals surface area contributed by atoms with Crippen LogP contribution in [0.4, 0.5) is 4.79 Å². The van der Waals surface area contributed by atoms with E-state index in [2.05, 4.69) is 9.98 Å². The SMILES string of the molecule is C/C(=N/C(=O)OCCc1ccncc1)c1ccccc1. The third-order valence-corrected chi connectivity index (χ3v) is 2.82. The Hall–Kier alpha value is -2.49. The van der Waals surface area contributed by atoms with Gasteiger partial charge >= 0.3 is 6.09 Å². The molecule has 1 aromatic carbocycles. The number of carbonyl (C=O) groups excluding carboxylic acids is 1. The van der Waals surface area contributed by atoms with Crippen LogP contribution in [0, 0.1) is 0 Å². The Balaban J connectivity index is 1.83. The van der Waals surface area contributed by atoms with E-state index in [4.69, 9.17) is 4.74 Å². The van der Waals surface area contributed by atoms with Crippen LogP contribution in [-0.4, -0.2) is 23.4 Å². The minimum atomic E-state index is -0.555. The Morgan fingerprint density at radius 1 is 1.15 bits per heavy atom. The molecule has 0 aliphatic rings. The molecule has 102 valence electrons. The highest BCUT2D eigenvalue weighted by Crippen LogP contribution is 2.02. The first-order chi connectivity index (χ1) is 9.75. The van der Waals surface area contributed by atoms with Crippen LogP contribution in [0.3, 0.4) is 0 Å². The highest BCUT2D eigenvalue weighted by atomic mass is 16.5.